The fourth-order valence-corrected chi connectivity index (χ4v) is 6.35. The van der Waals surface area contributed by atoms with Crippen LogP contribution in [0.4, 0.5) is 15.8 Å². The van der Waals surface area contributed by atoms with Crippen molar-refractivity contribution in [2.24, 2.45) is 7.05 Å². The van der Waals surface area contributed by atoms with E-state index in [0.29, 0.717) is 23.0 Å². The van der Waals surface area contributed by atoms with Gasteiger partial charge in [0.15, 0.2) is 0 Å². The van der Waals surface area contributed by atoms with Gasteiger partial charge >= 0.3 is 0 Å². The smallest absolute Gasteiger partial charge is 0.262 e. The zero-order chi connectivity index (χ0) is 34.5. The standard InChI is InChI=1S/C36H33FN8O3S/c1-38-18-29(33(46)42-26-10-8-25(37)9-11-26)34(47)43-27-12-14-28(15-13-27)48-35-31-30(23-7-5-6-22(16-23)19-44(2)3)32(24-17-41-45(4)20-24)49-36(31)40-21-39-35/h5-18,20-21,38H,19H2,1-4H3,(H,42,46)(H,43,47)/b29-18+. The highest BCUT2D eigenvalue weighted by molar-refractivity contribution is 7.22. The van der Waals surface area contributed by atoms with Crippen molar-refractivity contribution in [3.63, 3.8) is 0 Å². The van der Waals surface area contributed by atoms with Gasteiger partial charge in [-0.25, -0.2) is 14.4 Å². The van der Waals surface area contributed by atoms with Crippen molar-refractivity contribution < 1.29 is 18.7 Å². The Balaban J connectivity index is 1.27. The summed E-state index contributed by atoms with van der Waals surface area (Å²) in [4.78, 5) is 39.0. The maximum absolute atomic E-state index is 13.3. The SMILES string of the molecule is CN/C=C(\C(=O)Nc1ccc(F)cc1)C(=O)Nc1ccc(Oc2ncnc3sc(-c4cnn(C)c4)c(-c4cccc(CN(C)C)c4)c23)cc1. The number of hydrogen-bond acceptors (Lipinski definition) is 9. The molecule has 49 heavy (non-hydrogen) atoms. The fourth-order valence-electron chi connectivity index (χ4n) is 5.22. The second kappa shape index (κ2) is 14.5. The first-order chi connectivity index (χ1) is 23.7. The van der Waals surface area contributed by atoms with Crippen LogP contribution in [0.1, 0.15) is 5.56 Å². The molecule has 0 aliphatic carbocycles. The van der Waals surface area contributed by atoms with Crippen LogP contribution in [0.3, 0.4) is 0 Å². The van der Waals surface area contributed by atoms with Gasteiger partial charge < -0.3 is 25.6 Å². The van der Waals surface area contributed by atoms with Gasteiger partial charge in [0.2, 0.25) is 5.88 Å². The molecule has 0 aliphatic heterocycles. The number of nitrogens with one attached hydrogen (secondary N) is 3. The van der Waals surface area contributed by atoms with E-state index in [0.717, 1.165) is 43.9 Å². The molecule has 0 radical (unpaired) electrons. The molecule has 3 aromatic heterocycles. The number of halogens is 1. The molecule has 0 unspecified atom stereocenters. The fraction of sp³-hybridized carbons (Fsp3) is 0.139. The summed E-state index contributed by atoms with van der Waals surface area (Å²) in [6.07, 6.45) is 6.58. The van der Waals surface area contributed by atoms with Crippen LogP contribution >= 0.6 is 11.3 Å². The van der Waals surface area contributed by atoms with Crippen LogP contribution in [0.5, 0.6) is 11.6 Å². The van der Waals surface area contributed by atoms with Gasteiger partial charge in [0, 0.05) is 60.4 Å². The van der Waals surface area contributed by atoms with E-state index in [1.165, 1.54) is 36.8 Å². The number of aryl methyl sites for hydroxylation is 1. The molecule has 13 heteroatoms. The normalized spacial score (nSPS) is 11.5. The van der Waals surface area contributed by atoms with Gasteiger partial charge in [0.25, 0.3) is 11.8 Å². The zero-order valence-electron chi connectivity index (χ0n) is 27.2. The topological polar surface area (TPSA) is 126 Å². The van der Waals surface area contributed by atoms with Crippen LogP contribution in [0.15, 0.2) is 103 Å². The van der Waals surface area contributed by atoms with Crippen molar-refractivity contribution in [2.45, 2.75) is 6.54 Å². The molecule has 248 valence electrons. The van der Waals surface area contributed by atoms with Gasteiger partial charge in [-0.3, -0.25) is 14.3 Å². The van der Waals surface area contributed by atoms with Crippen LogP contribution in [0, 0.1) is 5.82 Å². The molecule has 0 saturated heterocycles. The lowest BCUT2D eigenvalue weighted by atomic mass is 9.99. The molecule has 3 N–H and O–H groups in total. The minimum atomic E-state index is -0.657. The third-order valence-corrected chi connectivity index (χ3v) is 8.49. The summed E-state index contributed by atoms with van der Waals surface area (Å²) in [6, 6.07) is 20.4. The molecule has 6 rings (SSSR count). The Labute approximate surface area is 286 Å². The Hall–Kier alpha value is -5.92. The lowest BCUT2D eigenvalue weighted by molar-refractivity contribution is -0.118. The lowest BCUT2D eigenvalue weighted by Gasteiger charge is -2.13. The van der Waals surface area contributed by atoms with Crippen molar-refractivity contribution in [3.05, 3.63) is 115 Å². The van der Waals surface area contributed by atoms with E-state index in [9.17, 15) is 14.0 Å². The number of rotatable bonds is 11. The molecule has 3 aromatic carbocycles. The van der Waals surface area contributed by atoms with E-state index in [1.807, 2.05) is 39.6 Å². The summed E-state index contributed by atoms with van der Waals surface area (Å²) >= 11 is 1.55. The first kappa shape index (κ1) is 33.0. The Bertz CT molecular complexity index is 2160. The van der Waals surface area contributed by atoms with E-state index < -0.39 is 17.6 Å². The Morgan fingerprint density at radius 1 is 0.959 bits per heavy atom. The maximum Gasteiger partial charge on any atom is 0.262 e. The monoisotopic (exact) mass is 676 g/mol. The van der Waals surface area contributed by atoms with E-state index in [2.05, 4.69) is 54.1 Å². The average molecular weight is 677 g/mol. The summed E-state index contributed by atoms with van der Waals surface area (Å²) < 4.78 is 21.4. The molecule has 0 bridgehead atoms. The number of thiophene rings is 1. The summed E-state index contributed by atoms with van der Waals surface area (Å²) in [5, 5.41) is 13.2. The highest BCUT2D eigenvalue weighted by Gasteiger charge is 2.23. The molecular weight excluding hydrogens is 644 g/mol. The van der Waals surface area contributed by atoms with Crippen molar-refractivity contribution >= 4 is 44.7 Å². The van der Waals surface area contributed by atoms with E-state index >= 15 is 0 Å². The molecule has 11 nitrogen and oxygen atoms in total. The van der Waals surface area contributed by atoms with Crippen LogP contribution in [-0.4, -0.2) is 57.6 Å². The van der Waals surface area contributed by atoms with E-state index in [1.54, 1.807) is 47.3 Å². The van der Waals surface area contributed by atoms with Gasteiger partial charge in [-0.2, -0.15) is 5.10 Å². The van der Waals surface area contributed by atoms with Gasteiger partial charge in [-0.15, -0.1) is 11.3 Å². The molecule has 0 fully saturated rings. The summed E-state index contributed by atoms with van der Waals surface area (Å²) in [5.41, 5.74) is 4.71. The predicted molar refractivity (Wildman–Crippen MR) is 190 cm³/mol. The number of hydrogen-bond donors (Lipinski definition) is 3. The second-order valence-electron chi connectivity index (χ2n) is 11.4. The van der Waals surface area contributed by atoms with Gasteiger partial charge in [0.1, 0.15) is 28.3 Å². The quantitative estimate of drug-likeness (QED) is 0.0815. The maximum atomic E-state index is 13.3. The summed E-state index contributed by atoms with van der Waals surface area (Å²) in [6.45, 7) is 0.784. The average Bonchev–Trinajstić information content (AvgIpc) is 3.69. The third kappa shape index (κ3) is 7.64. The molecule has 0 spiro atoms. The van der Waals surface area contributed by atoms with E-state index in [-0.39, 0.29) is 5.57 Å². The number of carbonyl (C=O) groups is 2. The van der Waals surface area contributed by atoms with Gasteiger partial charge in [0.05, 0.1) is 11.6 Å². The number of anilines is 2. The number of amides is 2. The Morgan fingerprint density at radius 3 is 2.29 bits per heavy atom. The van der Waals surface area contributed by atoms with Crippen LogP contribution in [-0.2, 0) is 23.2 Å². The van der Waals surface area contributed by atoms with Crippen molar-refractivity contribution in [1.82, 2.24) is 30.0 Å². The number of carbonyl (C=O) groups excluding carboxylic acids is 2. The molecule has 0 atom stereocenters. The molecular formula is C36H33FN8O3S. The van der Waals surface area contributed by atoms with Crippen molar-refractivity contribution in [1.29, 1.82) is 0 Å². The second-order valence-corrected chi connectivity index (χ2v) is 12.4. The zero-order valence-corrected chi connectivity index (χ0v) is 28.0. The first-order valence-corrected chi connectivity index (χ1v) is 16.0. The highest BCUT2D eigenvalue weighted by atomic mass is 32.1. The van der Waals surface area contributed by atoms with Gasteiger partial charge in [-0.1, -0.05) is 18.2 Å². The molecule has 3 heterocycles. The summed E-state index contributed by atoms with van der Waals surface area (Å²) in [5.74, 6) is -0.857. The lowest BCUT2D eigenvalue weighted by Crippen LogP contribution is -2.26. The Kier molecular flexibility index (Phi) is 9.74. The minimum absolute atomic E-state index is 0.167. The Morgan fingerprint density at radius 2 is 1.65 bits per heavy atom. The predicted octanol–water partition coefficient (Wildman–Crippen LogP) is 6.43. The molecule has 2 amide bonds. The number of ether oxygens (including phenoxy) is 1. The van der Waals surface area contributed by atoms with Gasteiger partial charge in [-0.05, 0) is 79.8 Å². The number of nitrogens with zero attached hydrogens (tertiary/aromatic N) is 5. The number of benzene rings is 3. The van der Waals surface area contributed by atoms with Crippen LogP contribution in [0.25, 0.3) is 31.8 Å². The number of fused-ring (bicyclic) bond motifs is 1. The highest BCUT2D eigenvalue weighted by Crippen LogP contribution is 2.47. The van der Waals surface area contributed by atoms with Crippen molar-refractivity contribution in [3.8, 4) is 33.2 Å². The molecule has 0 aliphatic rings. The first-order valence-electron chi connectivity index (χ1n) is 15.2. The van der Waals surface area contributed by atoms with Crippen LogP contribution in [0.2, 0.25) is 0 Å². The van der Waals surface area contributed by atoms with Crippen LogP contribution < -0.4 is 20.7 Å². The third-order valence-electron chi connectivity index (χ3n) is 7.34. The largest absolute Gasteiger partial charge is 0.438 e. The molecule has 6 aromatic rings. The number of aromatic nitrogens is 4. The van der Waals surface area contributed by atoms with E-state index in [4.69, 9.17) is 4.74 Å². The minimum Gasteiger partial charge on any atom is -0.438 e. The molecule has 0 saturated carbocycles. The van der Waals surface area contributed by atoms with Crippen molar-refractivity contribution in [2.75, 3.05) is 31.8 Å². The summed E-state index contributed by atoms with van der Waals surface area (Å²) in [7, 11) is 7.53.